The number of aliphatic hydroxyl groups excluding tert-OH is 1. The lowest BCUT2D eigenvalue weighted by Gasteiger charge is -2.20. The van der Waals surface area contributed by atoms with Gasteiger partial charge in [-0.1, -0.05) is 30.7 Å². The normalized spacial score (nSPS) is 12.7. The minimum atomic E-state index is -0.185. The summed E-state index contributed by atoms with van der Waals surface area (Å²) in [5.41, 5.74) is 8.22. The number of aliphatic hydroxyl groups is 1. The van der Waals surface area contributed by atoms with E-state index < -0.39 is 0 Å². The molecule has 1 aromatic carbocycles. The Bertz CT molecular complexity index is 951. The van der Waals surface area contributed by atoms with Gasteiger partial charge in [-0.05, 0) is 38.0 Å². The lowest BCUT2D eigenvalue weighted by atomic mass is 10.1. The van der Waals surface area contributed by atoms with E-state index in [0.717, 1.165) is 0 Å². The number of aromatic nitrogens is 5. The molecule has 0 spiro atoms. The quantitative estimate of drug-likeness (QED) is 0.442. The van der Waals surface area contributed by atoms with Crippen molar-refractivity contribution in [1.29, 1.82) is 0 Å². The zero-order valence-corrected chi connectivity index (χ0v) is 17.1. The summed E-state index contributed by atoms with van der Waals surface area (Å²) in [5.74, 6) is 1.05. The van der Waals surface area contributed by atoms with Gasteiger partial charge in [0.15, 0.2) is 17.0 Å². The van der Waals surface area contributed by atoms with E-state index in [9.17, 15) is 5.11 Å². The van der Waals surface area contributed by atoms with Crippen LogP contribution in [0.4, 0.5) is 23.1 Å². The zero-order valence-electron chi connectivity index (χ0n) is 16.3. The molecular weight excluding hydrogens is 380 g/mol. The van der Waals surface area contributed by atoms with E-state index in [-0.39, 0.29) is 24.6 Å². The molecule has 0 bridgehead atoms. The predicted octanol–water partition coefficient (Wildman–Crippen LogP) is 3.21. The SMILES string of the molecule is CC(C)C(CO)Nc1nc(Nc2cc(N)cc(Cl)c2)c2nnn(C(C)C)c2n1. The van der Waals surface area contributed by atoms with Crippen LogP contribution in [0, 0.1) is 5.92 Å². The fourth-order valence-electron chi connectivity index (χ4n) is 2.74. The summed E-state index contributed by atoms with van der Waals surface area (Å²) in [5, 5.41) is 25.0. The van der Waals surface area contributed by atoms with E-state index in [1.54, 1.807) is 22.9 Å². The van der Waals surface area contributed by atoms with E-state index in [4.69, 9.17) is 17.3 Å². The third-order valence-electron chi connectivity index (χ3n) is 4.31. The van der Waals surface area contributed by atoms with Gasteiger partial charge in [-0.15, -0.1) is 5.10 Å². The number of rotatable bonds is 7. The van der Waals surface area contributed by atoms with Gasteiger partial charge in [-0.2, -0.15) is 9.97 Å². The van der Waals surface area contributed by atoms with Crippen LogP contribution in [-0.2, 0) is 0 Å². The average molecular weight is 405 g/mol. The van der Waals surface area contributed by atoms with Crippen LogP contribution in [-0.4, -0.2) is 42.7 Å². The summed E-state index contributed by atoms with van der Waals surface area (Å²) in [6.45, 7) is 7.99. The predicted molar refractivity (Wildman–Crippen MR) is 112 cm³/mol. The summed E-state index contributed by atoms with van der Waals surface area (Å²) in [4.78, 5) is 9.13. The second kappa shape index (κ2) is 8.15. The molecule has 2 aromatic heterocycles. The Morgan fingerprint density at radius 1 is 1.18 bits per heavy atom. The zero-order chi connectivity index (χ0) is 20.4. The first-order valence-corrected chi connectivity index (χ1v) is 9.49. The summed E-state index contributed by atoms with van der Waals surface area (Å²) in [7, 11) is 0. The number of halogens is 1. The molecule has 2 heterocycles. The number of benzene rings is 1. The molecule has 0 aliphatic carbocycles. The van der Waals surface area contributed by atoms with Crippen LogP contribution < -0.4 is 16.4 Å². The third kappa shape index (κ3) is 4.26. The Labute approximate surface area is 168 Å². The maximum Gasteiger partial charge on any atom is 0.227 e. The van der Waals surface area contributed by atoms with Crippen molar-refractivity contribution >= 4 is 45.9 Å². The molecule has 0 amide bonds. The van der Waals surface area contributed by atoms with Crippen LogP contribution in [0.3, 0.4) is 0 Å². The van der Waals surface area contributed by atoms with Gasteiger partial charge >= 0.3 is 0 Å². The van der Waals surface area contributed by atoms with Crippen molar-refractivity contribution in [1.82, 2.24) is 25.0 Å². The summed E-state index contributed by atoms with van der Waals surface area (Å²) in [6.07, 6.45) is 0. The summed E-state index contributed by atoms with van der Waals surface area (Å²) < 4.78 is 1.73. The van der Waals surface area contributed by atoms with Gasteiger partial charge in [0.2, 0.25) is 5.95 Å². The monoisotopic (exact) mass is 404 g/mol. The molecule has 3 aromatic rings. The summed E-state index contributed by atoms with van der Waals surface area (Å²) in [6, 6.07) is 5.05. The van der Waals surface area contributed by atoms with Crippen LogP contribution in [0.1, 0.15) is 33.7 Å². The number of hydrogen-bond donors (Lipinski definition) is 4. The smallest absolute Gasteiger partial charge is 0.227 e. The molecule has 9 nitrogen and oxygen atoms in total. The lowest BCUT2D eigenvalue weighted by Crippen LogP contribution is -2.30. The number of hydrogen-bond acceptors (Lipinski definition) is 8. The van der Waals surface area contributed by atoms with Crippen LogP contribution in [0.25, 0.3) is 11.2 Å². The molecule has 3 rings (SSSR count). The molecule has 5 N–H and O–H groups in total. The molecule has 0 saturated heterocycles. The first-order chi connectivity index (χ1) is 13.3. The van der Waals surface area contributed by atoms with Crippen molar-refractivity contribution in [2.24, 2.45) is 5.92 Å². The van der Waals surface area contributed by atoms with Crippen molar-refractivity contribution in [2.75, 3.05) is 23.0 Å². The number of fused-ring (bicyclic) bond motifs is 1. The molecule has 0 aliphatic rings. The Morgan fingerprint density at radius 3 is 2.54 bits per heavy atom. The third-order valence-corrected chi connectivity index (χ3v) is 4.53. The lowest BCUT2D eigenvalue weighted by molar-refractivity contribution is 0.248. The highest BCUT2D eigenvalue weighted by atomic mass is 35.5. The molecule has 28 heavy (non-hydrogen) atoms. The van der Waals surface area contributed by atoms with E-state index in [1.165, 1.54) is 0 Å². The van der Waals surface area contributed by atoms with E-state index >= 15 is 0 Å². The second-order valence-electron chi connectivity index (χ2n) is 7.27. The second-order valence-corrected chi connectivity index (χ2v) is 7.71. The highest BCUT2D eigenvalue weighted by Crippen LogP contribution is 2.28. The molecule has 1 atom stereocenters. The Kier molecular flexibility index (Phi) is 5.85. The number of nitrogen functional groups attached to an aromatic ring is 1. The molecule has 150 valence electrons. The maximum absolute atomic E-state index is 9.65. The summed E-state index contributed by atoms with van der Waals surface area (Å²) >= 11 is 6.11. The molecule has 0 fully saturated rings. The highest BCUT2D eigenvalue weighted by molar-refractivity contribution is 6.31. The van der Waals surface area contributed by atoms with Gasteiger partial charge < -0.3 is 21.5 Å². The Hall–Kier alpha value is -2.65. The van der Waals surface area contributed by atoms with Gasteiger partial charge in [0.25, 0.3) is 0 Å². The Balaban J connectivity index is 2.08. The minimum absolute atomic E-state index is 0.0334. The maximum atomic E-state index is 9.65. The first-order valence-electron chi connectivity index (χ1n) is 9.12. The van der Waals surface area contributed by atoms with Crippen molar-refractivity contribution in [2.45, 2.75) is 39.8 Å². The van der Waals surface area contributed by atoms with Gasteiger partial charge in [0.1, 0.15) is 0 Å². The minimum Gasteiger partial charge on any atom is -0.399 e. The van der Waals surface area contributed by atoms with E-state index in [2.05, 4.69) is 30.9 Å². The number of nitrogens with one attached hydrogen (secondary N) is 2. The number of nitrogens with two attached hydrogens (primary N) is 1. The first kappa shape index (κ1) is 20.1. The standard InChI is InChI=1S/C18H25ClN8O/c1-9(2)14(8-28)22-18-23-16(21-13-6-11(19)5-12(20)7-13)15-17(24-18)27(10(3)4)26-25-15/h5-7,9-10,14,28H,8,20H2,1-4H3,(H2,21,22,23,24). The average Bonchev–Trinajstić information content (AvgIpc) is 3.03. The van der Waals surface area contributed by atoms with Crippen molar-refractivity contribution in [3.63, 3.8) is 0 Å². The van der Waals surface area contributed by atoms with Crippen LogP contribution in [0.15, 0.2) is 18.2 Å². The van der Waals surface area contributed by atoms with E-state index in [0.29, 0.717) is 39.3 Å². The largest absolute Gasteiger partial charge is 0.399 e. The fraction of sp³-hybridized carbons (Fsp3) is 0.444. The fourth-order valence-corrected chi connectivity index (χ4v) is 2.98. The molecule has 0 aliphatic heterocycles. The number of anilines is 4. The molecule has 0 saturated carbocycles. The van der Waals surface area contributed by atoms with Crippen molar-refractivity contribution < 1.29 is 5.11 Å². The van der Waals surface area contributed by atoms with Crippen molar-refractivity contribution in [3.05, 3.63) is 23.2 Å². The topological polar surface area (TPSA) is 127 Å². The highest BCUT2D eigenvalue weighted by Gasteiger charge is 2.19. The van der Waals surface area contributed by atoms with Gasteiger partial charge in [-0.25, -0.2) is 4.68 Å². The van der Waals surface area contributed by atoms with Crippen molar-refractivity contribution in [3.8, 4) is 0 Å². The Morgan fingerprint density at radius 2 is 1.93 bits per heavy atom. The molecular formula is C18H25ClN8O. The van der Waals surface area contributed by atoms with Crippen LogP contribution >= 0.6 is 11.6 Å². The van der Waals surface area contributed by atoms with Gasteiger partial charge in [-0.3, -0.25) is 0 Å². The van der Waals surface area contributed by atoms with E-state index in [1.807, 2.05) is 27.7 Å². The van der Waals surface area contributed by atoms with Gasteiger partial charge in [0.05, 0.1) is 18.7 Å². The molecule has 1 unspecified atom stereocenters. The van der Waals surface area contributed by atoms with Gasteiger partial charge in [0, 0.05) is 16.4 Å². The molecule has 10 heteroatoms. The number of nitrogens with zero attached hydrogens (tertiary/aromatic N) is 5. The van der Waals surface area contributed by atoms with Crippen LogP contribution in [0.5, 0.6) is 0 Å². The molecule has 0 radical (unpaired) electrons. The van der Waals surface area contributed by atoms with Crippen LogP contribution in [0.2, 0.25) is 5.02 Å².